The zero-order valence-corrected chi connectivity index (χ0v) is 12.2. The van der Waals surface area contributed by atoms with Crippen molar-refractivity contribution in [2.45, 2.75) is 19.9 Å². The van der Waals surface area contributed by atoms with Crippen molar-refractivity contribution in [2.75, 3.05) is 5.32 Å². The van der Waals surface area contributed by atoms with Crippen LogP contribution in [0.1, 0.15) is 24.1 Å². The highest BCUT2D eigenvalue weighted by Crippen LogP contribution is 2.23. The lowest BCUT2D eigenvalue weighted by Crippen LogP contribution is -2.07. The Morgan fingerprint density at radius 1 is 1.00 bits per heavy atom. The number of benzene rings is 2. The Kier molecular flexibility index (Phi) is 4.05. The molecule has 2 rings (SSSR count). The topological polar surface area (TPSA) is 12.0 Å². The van der Waals surface area contributed by atoms with Gasteiger partial charge in [-0.3, -0.25) is 0 Å². The SMILES string of the molecule is Cc1ccc(C(C)Nc2ccccc2I)cc1. The summed E-state index contributed by atoms with van der Waals surface area (Å²) >= 11 is 2.36. The van der Waals surface area contributed by atoms with Gasteiger partial charge in [0, 0.05) is 15.3 Å². The molecule has 0 aliphatic heterocycles. The lowest BCUT2D eigenvalue weighted by molar-refractivity contribution is 0.883. The van der Waals surface area contributed by atoms with Crippen LogP contribution in [0.4, 0.5) is 5.69 Å². The molecule has 0 amide bonds. The predicted molar refractivity (Wildman–Crippen MR) is 82.4 cm³/mol. The Hall–Kier alpha value is -1.03. The van der Waals surface area contributed by atoms with E-state index in [0.717, 1.165) is 0 Å². The quantitative estimate of drug-likeness (QED) is 0.796. The van der Waals surface area contributed by atoms with Gasteiger partial charge in [-0.05, 0) is 54.1 Å². The molecule has 2 aromatic carbocycles. The maximum Gasteiger partial charge on any atom is 0.0486 e. The third-order valence-corrected chi connectivity index (χ3v) is 3.76. The first-order valence-corrected chi connectivity index (χ1v) is 6.82. The van der Waals surface area contributed by atoms with Crippen molar-refractivity contribution in [3.63, 3.8) is 0 Å². The van der Waals surface area contributed by atoms with Crippen LogP contribution in [0.15, 0.2) is 48.5 Å². The summed E-state index contributed by atoms with van der Waals surface area (Å²) in [5.41, 5.74) is 3.81. The third kappa shape index (κ3) is 3.22. The minimum atomic E-state index is 0.325. The number of rotatable bonds is 3. The van der Waals surface area contributed by atoms with Crippen LogP contribution in [0, 0.1) is 10.5 Å². The van der Waals surface area contributed by atoms with Crippen molar-refractivity contribution >= 4 is 28.3 Å². The second kappa shape index (κ2) is 5.54. The summed E-state index contributed by atoms with van der Waals surface area (Å²) in [7, 11) is 0. The average Bonchev–Trinajstić information content (AvgIpc) is 2.33. The summed E-state index contributed by atoms with van der Waals surface area (Å²) in [6, 6.07) is 17.4. The second-order valence-corrected chi connectivity index (χ2v) is 5.42. The smallest absolute Gasteiger partial charge is 0.0486 e. The lowest BCUT2D eigenvalue weighted by atomic mass is 10.1. The summed E-state index contributed by atoms with van der Waals surface area (Å²) in [5, 5.41) is 3.54. The van der Waals surface area contributed by atoms with Gasteiger partial charge >= 0.3 is 0 Å². The van der Waals surface area contributed by atoms with Crippen LogP contribution >= 0.6 is 22.6 Å². The van der Waals surface area contributed by atoms with Gasteiger partial charge in [-0.2, -0.15) is 0 Å². The van der Waals surface area contributed by atoms with Gasteiger partial charge in [0.15, 0.2) is 0 Å². The fourth-order valence-electron chi connectivity index (χ4n) is 1.75. The first-order chi connectivity index (χ1) is 8.16. The van der Waals surface area contributed by atoms with Crippen LogP contribution in [0.2, 0.25) is 0 Å². The van der Waals surface area contributed by atoms with Gasteiger partial charge in [0.05, 0.1) is 0 Å². The molecule has 0 saturated heterocycles. The Morgan fingerprint density at radius 2 is 1.65 bits per heavy atom. The molecule has 0 heterocycles. The molecule has 0 spiro atoms. The van der Waals surface area contributed by atoms with Crippen molar-refractivity contribution in [1.82, 2.24) is 0 Å². The fraction of sp³-hybridized carbons (Fsp3) is 0.200. The van der Waals surface area contributed by atoms with Gasteiger partial charge in [0.1, 0.15) is 0 Å². The normalized spacial score (nSPS) is 12.2. The first kappa shape index (κ1) is 12.4. The van der Waals surface area contributed by atoms with E-state index in [4.69, 9.17) is 0 Å². The highest BCUT2D eigenvalue weighted by Gasteiger charge is 2.06. The highest BCUT2D eigenvalue weighted by atomic mass is 127. The number of aryl methyl sites for hydroxylation is 1. The van der Waals surface area contributed by atoms with Crippen LogP contribution in [0.5, 0.6) is 0 Å². The molecule has 0 aliphatic rings. The van der Waals surface area contributed by atoms with Gasteiger partial charge in [-0.1, -0.05) is 42.0 Å². The van der Waals surface area contributed by atoms with E-state index >= 15 is 0 Å². The summed E-state index contributed by atoms with van der Waals surface area (Å²) in [6.07, 6.45) is 0. The molecule has 0 bridgehead atoms. The molecule has 0 saturated carbocycles. The standard InChI is InChI=1S/C15H16IN/c1-11-7-9-13(10-8-11)12(2)17-15-6-4-3-5-14(15)16/h3-10,12,17H,1-2H3. The van der Waals surface area contributed by atoms with Gasteiger partial charge in [-0.15, -0.1) is 0 Å². The van der Waals surface area contributed by atoms with Crippen molar-refractivity contribution < 1.29 is 0 Å². The van der Waals surface area contributed by atoms with Gasteiger partial charge in [0.25, 0.3) is 0 Å². The molecule has 1 nitrogen and oxygen atoms in total. The number of para-hydroxylation sites is 1. The van der Waals surface area contributed by atoms with Crippen molar-refractivity contribution in [3.05, 3.63) is 63.2 Å². The third-order valence-electron chi connectivity index (χ3n) is 2.82. The van der Waals surface area contributed by atoms with Crippen molar-refractivity contribution in [2.24, 2.45) is 0 Å². The molecule has 0 radical (unpaired) electrons. The molecule has 2 heteroatoms. The lowest BCUT2D eigenvalue weighted by Gasteiger charge is -2.17. The maximum atomic E-state index is 3.54. The van der Waals surface area contributed by atoms with Gasteiger partial charge in [0.2, 0.25) is 0 Å². The van der Waals surface area contributed by atoms with Crippen molar-refractivity contribution in [1.29, 1.82) is 0 Å². The summed E-state index contributed by atoms with van der Waals surface area (Å²) in [5.74, 6) is 0. The highest BCUT2D eigenvalue weighted by molar-refractivity contribution is 14.1. The summed E-state index contributed by atoms with van der Waals surface area (Å²) < 4.78 is 1.25. The molecular weight excluding hydrogens is 321 g/mol. The molecule has 88 valence electrons. The number of hydrogen-bond acceptors (Lipinski definition) is 1. The van der Waals surface area contributed by atoms with E-state index in [0.29, 0.717) is 6.04 Å². The molecule has 0 aromatic heterocycles. The number of hydrogen-bond donors (Lipinski definition) is 1. The van der Waals surface area contributed by atoms with Gasteiger partial charge < -0.3 is 5.32 Å². The Labute approximate surface area is 116 Å². The van der Waals surface area contributed by atoms with E-state index < -0.39 is 0 Å². The first-order valence-electron chi connectivity index (χ1n) is 5.74. The Balaban J connectivity index is 2.14. The van der Waals surface area contributed by atoms with Crippen LogP contribution in [0.3, 0.4) is 0 Å². The van der Waals surface area contributed by atoms with E-state index in [-0.39, 0.29) is 0 Å². The Bertz CT molecular complexity index is 491. The zero-order chi connectivity index (χ0) is 12.3. The van der Waals surface area contributed by atoms with E-state index in [1.54, 1.807) is 0 Å². The molecule has 17 heavy (non-hydrogen) atoms. The van der Waals surface area contributed by atoms with Crippen LogP contribution in [-0.4, -0.2) is 0 Å². The molecule has 2 aromatic rings. The average molecular weight is 337 g/mol. The minimum Gasteiger partial charge on any atom is -0.378 e. The van der Waals surface area contributed by atoms with Crippen LogP contribution in [0.25, 0.3) is 0 Å². The number of anilines is 1. The molecule has 1 atom stereocenters. The number of halogens is 1. The number of nitrogens with one attached hydrogen (secondary N) is 1. The molecule has 0 aliphatic carbocycles. The van der Waals surface area contributed by atoms with E-state index in [2.05, 4.69) is 90.3 Å². The van der Waals surface area contributed by atoms with E-state index in [9.17, 15) is 0 Å². The van der Waals surface area contributed by atoms with Crippen LogP contribution < -0.4 is 5.32 Å². The Morgan fingerprint density at radius 3 is 2.29 bits per heavy atom. The largest absolute Gasteiger partial charge is 0.378 e. The van der Waals surface area contributed by atoms with Gasteiger partial charge in [-0.25, -0.2) is 0 Å². The summed E-state index contributed by atoms with van der Waals surface area (Å²) in [4.78, 5) is 0. The van der Waals surface area contributed by atoms with E-state index in [1.165, 1.54) is 20.4 Å². The van der Waals surface area contributed by atoms with E-state index in [1.807, 2.05) is 0 Å². The molecule has 1 unspecified atom stereocenters. The predicted octanol–water partition coefficient (Wildman–Crippen LogP) is 4.77. The zero-order valence-electron chi connectivity index (χ0n) is 10.1. The fourth-order valence-corrected chi connectivity index (χ4v) is 2.29. The molecule has 0 fully saturated rings. The summed E-state index contributed by atoms with van der Waals surface area (Å²) in [6.45, 7) is 4.30. The molecular formula is C15H16IN. The molecule has 1 N–H and O–H groups in total. The maximum absolute atomic E-state index is 3.54. The van der Waals surface area contributed by atoms with Crippen LogP contribution in [-0.2, 0) is 0 Å². The second-order valence-electron chi connectivity index (χ2n) is 4.26. The van der Waals surface area contributed by atoms with Crippen molar-refractivity contribution in [3.8, 4) is 0 Å². The monoisotopic (exact) mass is 337 g/mol. The minimum absolute atomic E-state index is 0.325.